The van der Waals surface area contributed by atoms with Crippen molar-refractivity contribution < 1.29 is 6.48 Å². The van der Waals surface area contributed by atoms with E-state index in [-0.39, 0.29) is 0 Å². The molecule has 2 aliphatic heterocycles. The highest BCUT2D eigenvalue weighted by Gasteiger charge is 2.17. The van der Waals surface area contributed by atoms with Gasteiger partial charge in [0.15, 0.2) is 0 Å². The first-order chi connectivity index (χ1) is 11.5. The molecule has 0 aliphatic carbocycles. The summed E-state index contributed by atoms with van der Waals surface area (Å²) >= 11 is 0. The second-order valence-electron chi connectivity index (χ2n) is 5.90. The van der Waals surface area contributed by atoms with Gasteiger partial charge in [0.25, 0.3) is 0 Å². The Balaban J connectivity index is 1.95. The molecule has 2 unspecified atom stereocenters. The van der Waals surface area contributed by atoms with Gasteiger partial charge in [0.2, 0.25) is 0 Å². The van der Waals surface area contributed by atoms with Crippen LogP contribution >= 0.6 is 0 Å². The van der Waals surface area contributed by atoms with Crippen molar-refractivity contribution in [2.24, 2.45) is 0 Å². The lowest BCUT2D eigenvalue weighted by molar-refractivity contribution is 0.229. The van der Waals surface area contributed by atoms with Gasteiger partial charge in [0, 0.05) is 42.9 Å². The summed E-state index contributed by atoms with van der Waals surface area (Å²) in [5.41, 5.74) is 4.03. The Kier molecular flexibility index (Phi) is 3.99. The van der Waals surface area contributed by atoms with Crippen molar-refractivity contribution in [3.63, 3.8) is 0 Å². The highest BCUT2D eigenvalue weighted by Crippen LogP contribution is 2.29. The monoisotopic (exact) mass is 310 g/mol. The predicted octanol–water partition coefficient (Wildman–Crippen LogP) is 3.31. The number of pyridine rings is 1. The molecule has 4 heteroatoms. The van der Waals surface area contributed by atoms with Crippen LogP contribution in [0, 0.1) is 6.92 Å². The Morgan fingerprint density at radius 2 is 2.13 bits per heavy atom. The third kappa shape index (κ3) is 3.22. The molecule has 1 aromatic rings. The zero-order valence-electron chi connectivity index (χ0n) is 14.8. The van der Waals surface area contributed by atoms with Crippen molar-refractivity contribution in [1.82, 2.24) is 4.98 Å². The van der Waals surface area contributed by atoms with Gasteiger partial charge in [-0.3, -0.25) is 0 Å². The zero-order chi connectivity index (χ0) is 17.3. The van der Waals surface area contributed by atoms with Crippen LogP contribution in [0.4, 0.5) is 11.5 Å². The van der Waals surface area contributed by atoms with Crippen molar-refractivity contribution in [2.45, 2.75) is 26.9 Å². The van der Waals surface area contributed by atoms with E-state index in [1.807, 2.05) is 31.5 Å². The molecule has 3 rings (SSSR count). The minimum Gasteiger partial charge on any atom is -0.389 e. The number of allylic oxidation sites excluding steroid dienone is 5. The van der Waals surface area contributed by atoms with Crippen molar-refractivity contribution >= 4 is 11.5 Å². The van der Waals surface area contributed by atoms with Crippen LogP contribution in [0.25, 0.3) is 0 Å². The Bertz CT molecular complexity index is 749. The number of aromatic nitrogens is 1. The van der Waals surface area contributed by atoms with Crippen molar-refractivity contribution in [2.75, 3.05) is 22.9 Å². The van der Waals surface area contributed by atoms with Crippen LogP contribution < -0.4 is 9.80 Å². The molecule has 4 nitrogen and oxygen atoms in total. The Hall–Kier alpha value is -2.33. The molecule has 0 saturated carbocycles. The normalized spacial score (nSPS) is 22.6. The molecular weight excluding hydrogens is 286 g/mol. The van der Waals surface area contributed by atoms with Gasteiger partial charge in [-0.15, -0.1) is 0 Å². The van der Waals surface area contributed by atoms with E-state index in [2.05, 4.69) is 35.0 Å². The second kappa shape index (κ2) is 6.42. The van der Waals surface area contributed by atoms with Gasteiger partial charge >= 0.3 is 0 Å². The van der Waals surface area contributed by atoms with Crippen molar-refractivity contribution in [3.05, 3.63) is 65.7 Å². The first kappa shape index (κ1) is 14.3. The second-order valence-corrected chi connectivity index (χ2v) is 5.90. The van der Waals surface area contributed by atoms with E-state index in [1.165, 1.54) is 5.70 Å². The SMILES string of the molecule is [2H]C1C(C(C)O)=CC=CN1c1cc(N2CC=CC=C2C)c(C)cn1. The van der Waals surface area contributed by atoms with Crippen LogP contribution in [0.5, 0.6) is 0 Å². The maximum atomic E-state index is 9.86. The van der Waals surface area contributed by atoms with E-state index in [4.69, 9.17) is 1.37 Å². The average molecular weight is 310 g/mol. The molecule has 3 heterocycles. The number of nitrogens with zero attached hydrogens (tertiary/aromatic N) is 3. The first-order valence-electron chi connectivity index (χ1n) is 8.41. The number of rotatable bonds is 3. The summed E-state index contributed by atoms with van der Waals surface area (Å²) in [6, 6.07) is 2.02. The lowest BCUT2D eigenvalue weighted by atomic mass is 10.1. The number of aliphatic hydroxyl groups excluding tert-OH is 1. The smallest absolute Gasteiger partial charge is 0.134 e. The fraction of sp³-hybridized carbons (Fsp3) is 0.316. The maximum Gasteiger partial charge on any atom is 0.134 e. The maximum absolute atomic E-state index is 9.86. The number of hydrogen-bond acceptors (Lipinski definition) is 4. The summed E-state index contributed by atoms with van der Waals surface area (Å²) in [4.78, 5) is 8.52. The van der Waals surface area contributed by atoms with Crippen molar-refractivity contribution in [1.29, 1.82) is 0 Å². The fourth-order valence-electron chi connectivity index (χ4n) is 2.71. The van der Waals surface area contributed by atoms with Crippen LogP contribution in [0.2, 0.25) is 0 Å². The number of hydrogen-bond donors (Lipinski definition) is 1. The van der Waals surface area contributed by atoms with Gasteiger partial charge in [-0.05, 0) is 44.1 Å². The largest absolute Gasteiger partial charge is 0.389 e. The molecule has 0 amide bonds. The van der Waals surface area contributed by atoms with E-state index < -0.39 is 12.6 Å². The topological polar surface area (TPSA) is 39.6 Å². The Labute approximate surface area is 139 Å². The van der Waals surface area contributed by atoms with Crippen LogP contribution in [0.3, 0.4) is 0 Å². The Morgan fingerprint density at radius 1 is 1.30 bits per heavy atom. The summed E-state index contributed by atoms with van der Waals surface area (Å²) in [5, 5.41) is 9.86. The molecule has 0 aromatic carbocycles. The minimum atomic E-state index is -0.670. The lowest BCUT2D eigenvalue weighted by Crippen LogP contribution is -2.28. The van der Waals surface area contributed by atoms with E-state index in [1.54, 1.807) is 17.9 Å². The molecule has 23 heavy (non-hydrogen) atoms. The molecule has 2 atom stereocenters. The molecule has 2 aliphatic rings. The zero-order valence-corrected chi connectivity index (χ0v) is 13.8. The average Bonchev–Trinajstić information content (AvgIpc) is 2.56. The number of aryl methyl sites for hydroxylation is 1. The molecule has 1 N–H and O–H groups in total. The standard InChI is InChI=1S/C19H23N3O/c1-14-12-20-19(21-9-6-8-17(13-21)16(3)23)11-18(14)22-10-5-4-7-15(22)2/h4-9,11-12,16,23H,10,13H2,1-3H3/i13D. The molecule has 0 fully saturated rings. The Morgan fingerprint density at radius 3 is 2.87 bits per heavy atom. The van der Waals surface area contributed by atoms with E-state index >= 15 is 0 Å². The van der Waals surface area contributed by atoms with Crippen LogP contribution in [-0.2, 0) is 0 Å². The molecule has 0 radical (unpaired) electrons. The van der Waals surface area contributed by atoms with E-state index in [0.29, 0.717) is 11.4 Å². The van der Waals surface area contributed by atoms with Gasteiger partial charge in [-0.2, -0.15) is 0 Å². The summed E-state index contributed by atoms with van der Waals surface area (Å²) in [7, 11) is 0. The fourth-order valence-corrected chi connectivity index (χ4v) is 2.71. The van der Waals surface area contributed by atoms with Gasteiger partial charge in [0.05, 0.1) is 7.47 Å². The van der Waals surface area contributed by atoms with Crippen molar-refractivity contribution in [3.8, 4) is 0 Å². The first-order valence-corrected chi connectivity index (χ1v) is 7.83. The third-order valence-corrected chi connectivity index (χ3v) is 4.11. The van der Waals surface area contributed by atoms with Gasteiger partial charge in [-0.25, -0.2) is 4.98 Å². The number of anilines is 2. The van der Waals surface area contributed by atoms with E-state index in [9.17, 15) is 5.11 Å². The molecule has 120 valence electrons. The summed E-state index contributed by atoms with van der Waals surface area (Å²) in [6.07, 6.45) is 13.0. The van der Waals surface area contributed by atoms with Crippen LogP contribution in [-0.4, -0.2) is 29.3 Å². The van der Waals surface area contributed by atoms with Crippen LogP contribution in [0.15, 0.2) is 60.1 Å². The highest BCUT2D eigenvalue weighted by molar-refractivity contribution is 5.65. The quantitative estimate of drug-likeness (QED) is 0.930. The molecule has 0 saturated heterocycles. The third-order valence-electron chi connectivity index (χ3n) is 4.11. The van der Waals surface area contributed by atoms with Gasteiger partial charge < -0.3 is 14.9 Å². The summed E-state index contributed by atoms with van der Waals surface area (Å²) < 4.78 is 8.43. The molecular formula is C19H23N3O. The minimum absolute atomic E-state index is 0.651. The number of aliphatic hydroxyl groups is 1. The molecule has 0 bridgehead atoms. The summed E-state index contributed by atoms with van der Waals surface area (Å²) in [5.74, 6) is 0.709. The van der Waals surface area contributed by atoms with E-state index in [0.717, 1.165) is 17.8 Å². The summed E-state index contributed by atoms with van der Waals surface area (Å²) in [6.45, 7) is 5.98. The predicted molar refractivity (Wildman–Crippen MR) is 95.5 cm³/mol. The highest BCUT2D eigenvalue weighted by atomic mass is 16.3. The molecule has 0 spiro atoms. The van der Waals surface area contributed by atoms with Gasteiger partial charge in [0.1, 0.15) is 5.82 Å². The molecule has 1 aromatic heterocycles. The lowest BCUT2D eigenvalue weighted by Gasteiger charge is -2.30. The van der Waals surface area contributed by atoms with Crippen LogP contribution in [0.1, 0.15) is 20.8 Å². The van der Waals surface area contributed by atoms with Gasteiger partial charge in [-0.1, -0.05) is 18.2 Å².